The van der Waals surface area contributed by atoms with Gasteiger partial charge in [-0.1, -0.05) is 26.0 Å². The molecular weight excluding hydrogens is 276 g/mol. The van der Waals surface area contributed by atoms with Crippen molar-refractivity contribution in [2.24, 2.45) is 0 Å². The second-order valence-electron chi connectivity index (χ2n) is 5.25. The fourth-order valence-corrected chi connectivity index (χ4v) is 1.95. The Morgan fingerprint density at radius 1 is 1.23 bits per heavy atom. The van der Waals surface area contributed by atoms with Crippen LogP contribution in [0.4, 0.5) is 5.69 Å². The van der Waals surface area contributed by atoms with Gasteiger partial charge in [0.1, 0.15) is 5.75 Å². The maximum atomic E-state index is 11.9. The van der Waals surface area contributed by atoms with E-state index in [-0.39, 0.29) is 12.5 Å². The maximum Gasteiger partial charge on any atom is 0.262 e. The molecule has 0 spiro atoms. The summed E-state index contributed by atoms with van der Waals surface area (Å²) in [5.74, 6) is 0.752. The largest absolute Gasteiger partial charge is 0.484 e. The third-order valence-electron chi connectivity index (χ3n) is 3.19. The Morgan fingerprint density at radius 3 is 2.59 bits per heavy atom. The van der Waals surface area contributed by atoms with Gasteiger partial charge < -0.3 is 10.1 Å². The van der Waals surface area contributed by atoms with Crippen LogP contribution in [-0.2, 0) is 4.79 Å². The van der Waals surface area contributed by atoms with Gasteiger partial charge in [0.05, 0.1) is 11.6 Å². The van der Waals surface area contributed by atoms with E-state index in [0.29, 0.717) is 17.2 Å². The number of anilines is 1. The van der Waals surface area contributed by atoms with Crippen LogP contribution in [0.5, 0.6) is 5.75 Å². The van der Waals surface area contributed by atoms with Gasteiger partial charge in [-0.15, -0.1) is 0 Å². The quantitative estimate of drug-likeness (QED) is 0.914. The average molecular weight is 294 g/mol. The fourth-order valence-electron chi connectivity index (χ4n) is 1.95. The van der Waals surface area contributed by atoms with Crippen molar-refractivity contribution in [3.63, 3.8) is 0 Å². The highest BCUT2D eigenvalue weighted by molar-refractivity contribution is 5.91. The first kappa shape index (κ1) is 15.6. The summed E-state index contributed by atoms with van der Waals surface area (Å²) in [5.41, 5.74) is 2.49. The highest BCUT2D eigenvalue weighted by Crippen LogP contribution is 2.18. The summed E-state index contributed by atoms with van der Waals surface area (Å²) < 4.78 is 5.40. The SMILES string of the molecule is CC(C)c1cccc(NC(=O)COc2ccc(C#N)cc2)c1. The van der Waals surface area contributed by atoms with E-state index in [4.69, 9.17) is 10.00 Å². The van der Waals surface area contributed by atoms with Crippen LogP contribution in [0.1, 0.15) is 30.9 Å². The second kappa shape index (κ2) is 7.28. The van der Waals surface area contributed by atoms with Crippen LogP contribution < -0.4 is 10.1 Å². The molecule has 0 atom stereocenters. The molecule has 0 saturated carbocycles. The number of carbonyl (C=O) groups excluding carboxylic acids is 1. The molecule has 4 nitrogen and oxygen atoms in total. The topological polar surface area (TPSA) is 62.1 Å². The van der Waals surface area contributed by atoms with Crippen molar-refractivity contribution >= 4 is 11.6 Å². The molecule has 1 amide bonds. The zero-order valence-electron chi connectivity index (χ0n) is 12.7. The normalized spacial score (nSPS) is 10.1. The number of hydrogen-bond acceptors (Lipinski definition) is 3. The number of carbonyl (C=O) groups is 1. The van der Waals surface area contributed by atoms with Gasteiger partial charge in [0.2, 0.25) is 0 Å². The number of nitrogens with zero attached hydrogens (tertiary/aromatic N) is 1. The Bertz CT molecular complexity index is 685. The third-order valence-corrected chi connectivity index (χ3v) is 3.19. The van der Waals surface area contributed by atoms with Gasteiger partial charge >= 0.3 is 0 Å². The predicted octanol–water partition coefficient (Wildman–Crippen LogP) is 3.70. The monoisotopic (exact) mass is 294 g/mol. The third kappa shape index (κ3) is 4.35. The smallest absolute Gasteiger partial charge is 0.262 e. The van der Waals surface area contributed by atoms with E-state index >= 15 is 0 Å². The molecule has 0 radical (unpaired) electrons. The summed E-state index contributed by atoms with van der Waals surface area (Å²) in [6.45, 7) is 4.14. The molecule has 4 heteroatoms. The summed E-state index contributed by atoms with van der Waals surface area (Å²) in [7, 11) is 0. The van der Waals surface area contributed by atoms with Crippen molar-refractivity contribution in [1.82, 2.24) is 0 Å². The van der Waals surface area contributed by atoms with Crippen molar-refractivity contribution in [3.05, 3.63) is 59.7 Å². The molecule has 22 heavy (non-hydrogen) atoms. The van der Waals surface area contributed by atoms with Gasteiger partial charge in [0, 0.05) is 5.69 Å². The fraction of sp³-hybridized carbons (Fsp3) is 0.222. The van der Waals surface area contributed by atoms with E-state index in [1.54, 1.807) is 24.3 Å². The molecule has 0 unspecified atom stereocenters. The number of nitriles is 1. The van der Waals surface area contributed by atoms with E-state index in [2.05, 4.69) is 19.2 Å². The minimum Gasteiger partial charge on any atom is -0.484 e. The highest BCUT2D eigenvalue weighted by atomic mass is 16.5. The zero-order valence-corrected chi connectivity index (χ0v) is 12.7. The van der Waals surface area contributed by atoms with Crippen LogP contribution in [0.15, 0.2) is 48.5 Å². The molecular formula is C18H18N2O2. The highest BCUT2D eigenvalue weighted by Gasteiger charge is 2.06. The summed E-state index contributed by atoms with van der Waals surface area (Å²) in [6, 6.07) is 16.5. The second-order valence-corrected chi connectivity index (χ2v) is 5.25. The lowest BCUT2D eigenvalue weighted by Gasteiger charge is -2.10. The lowest BCUT2D eigenvalue weighted by Crippen LogP contribution is -2.20. The average Bonchev–Trinajstić information content (AvgIpc) is 2.53. The van der Waals surface area contributed by atoms with Crippen LogP contribution in [0.25, 0.3) is 0 Å². The Morgan fingerprint density at radius 2 is 1.95 bits per heavy atom. The van der Waals surface area contributed by atoms with Gasteiger partial charge in [-0.2, -0.15) is 5.26 Å². The molecule has 2 rings (SSSR count). The van der Waals surface area contributed by atoms with E-state index < -0.39 is 0 Å². The Kier molecular flexibility index (Phi) is 5.16. The minimum absolute atomic E-state index is 0.0716. The van der Waals surface area contributed by atoms with Crippen molar-refractivity contribution < 1.29 is 9.53 Å². The first-order chi connectivity index (χ1) is 10.6. The van der Waals surface area contributed by atoms with Crippen LogP contribution in [0.2, 0.25) is 0 Å². The molecule has 2 aromatic rings. The van der Waals surface area contributed by atoms with Crippen molar-refractivity contribution in [1.29, 1.82) is 5.26 Å². The van der Waals surface area contributed by atoms with Gasteiger partial charge in [-0.05, 0) is 47.9 Å². The maximum absolute atomic E-state index is 11.9. The molecule has 0 fully saturated rings. The molecule has 0 aliphatic heterocycles. The first-order valence-corrected chi connectivity index (χ1v) is 7.11. The minimum atomic E-state index is -0.217. The number of benzene rings is 2. The summed E-state index contributed by atoms with van der Waals surface area (Å²) in [5, 5.41) is 11.5. The standard InChI is InChI=1S/C18H18N2O2/c1-13(2)15-4-3-5-16(10-15)20-18(21)12-22-17-8-6-14(11-19)7-9-17/h3-10,13H,12H2,1-2H3,(H,20,21). The Balaban J connectivity index is 1.90. The van der Waals surface area contributed by atoms with Gasteiger partial charge in [-0.25, -0.2) is 0 Å². The Labute approximate surface area is 130 Å². The first-order valence-electron chi connectivity index (χ1n) is 7.11. The predicted molar refractivity (Wildman–Crippen MR) is 85.8 cm³/mol. The number of rotatable bonds is 5. The summed E-state index contributed by atoms with van der Waals surface area (Å²) in [4.78, 5) is 11.9. The zero-order chi connectivity index (χ0) is 15.9. The van der Waals surface area contributed by atoms with Crippen LogP contribution in [0, 0.1) is 11.3 Å². The number of hydrogen-bond donors (Lipinski definition) is 1. The number of nitrogens with one attached hydrogen (secondary N) is 1. The molecule has 0 aromatic heterocycles. The van der Waals surface area contributed by atoms with Crippen LogP contribution in [0.3, 0.4) is 0 Å². The summed E-state index contributed by atoms with van der Waals surface area (Å²) >= 11 is 0. The molecule has 2 aromatic carbocycles. The Hall–Kier alpha value is -2.80. The van der Waals surface area contributed by atoms with Gasteiger partial charge in [-0.3, -0.25) is 4.79 Å². The number of ether oxygens (including phenoxy) is 1. The lowest BCUT2D eigenvalue weighted by molar-refractivity contribution is -0.118. The van der Waals surface area contributed by atoms with E-state index in [0.717, 1.165) is 5.69 Å². The molecule has 1 N–H and O–H groups in total. The van der Waals surface area contributed by atoms with Crippen molar-refractivity contribution in [2.45, 2.75) is 19.8 Å². The molecule has 0 aliphatic rings. The molecule has 0 bridgehead atoms. The van der Waals surface area contributed by atoms with Crippen molar-refractivity contribution in [3.8, 4) is 11.8 Å². The van der Waals surface area contributed by atoms with E-state index in [9.17, 15) is 4.79 Å². The summed E-state index contributed by atoms with van der Waals surface area (Å²) in [6.07, 6.45) is 0. The van der Waals surface area contributed by atoms with Gasteiger partial charge in [0.15, 0.2) is 6.61 Å². The molecule has 0 heterocycles. The van der Waals surface area contributed by atoms with E-state index in [1.165, 1.54) is 5.56 Å². The van der Waals surface area contributed by atoms with Gasteiger partial charge in [0.25, 0.3) is 5.91 Å². The van der Waals surface area contributed by atoms with Crippen molar-refractivity contribution in [2.75, 3.05) is 11.9 Å². The molecule has 112 valence electrons. The van der Waals surface area contributed by atoms with Crippen LogP contribution >= 0.6 is 0 Å². The number of amides is 1. The molecule has 0 saturated heterocycles. The lowest BCUT2D eigenvalue weighted by atomic mass is 10.0. The molecule has 0 aliphatic carbocycles. The van der Waals surface area contributed by atoms with E-state index in [1.807, 2.05) is 30.3 Å². The van der Waals surface area contributed by atoms with Crippen LogP contribution in [-0.4, -0.2) is 12.5 Å².